The summed E-state index contributed by atoms with van der Waals surface area (Å²) in [5.41, 5.74) is 0.719. The van der Waals surface area contributed by atoms with Gasteiger partial charge < -0.3 is 19.8 Å². The van der Waals surface area contributed by atoms with Gasteiger partial charge in [-0.2, -0.15) is 13.2 Å². The molecule has 2 heterocycles. The standard InChI is InChI=1S/C21H18F2N2O3.C2HF3O2/c22-21(23)11-12-25(20(27)15-6-2-4-8-17(15)26)13-18(21)28-19-10-9-14-5-1-3-7-16(14)24-19;3-2(4,5)1(6)7/h1-10,18,26H,11-13H2;(H,6,7). The first-order valence-corrected chi connectivity index (χ1v) is 10.2. The average molecular weight is 498 g/mol. The highest BCUT2D eigenvalue weighted by atomic mass is 19.4. The Morgan fingerprint density at radius 1 is 1.03 bits per heavy atom. The molecule has 1 amide bonds. The highest BCUT2D eigenvalue weighted by Gasteiger charge is 2.47. The quantitative estimate of drug-likeness (QED) is 0.516. The number of aliphatic carboxylic acids is 1. The Kier molecular flexibility index (Phi) is 7.42. The smallest absolute Gasteiger partial charge is 0.490 e. The third-order valence-electron chi connectivity index (χ3n) is 5.07. The summed E-state index contributed by atoms with van der Waals surface area (Å²) < 4.78 is 66.1. The molecular weight excluding hydrogens is 479 g/mol. The SMILES string of the molecule is O=C(O)C(F)(F)F.O=C(c1ccccc1O)N1CCC(F)(F)C(Oc2ccc3ccccc3n2)C1. The van der Waals surface area contributed by atoms with Crippen LogP contribution in [0.5, 0.6) is 11.6 Å². The second-order valence-electron chi connectivity index (χ2n) is 7.53. The molecule has 186 valence electrons. The van der Waals surface area contributed by atoms with Gasteiger partial charge in [0.25, 0.3) is 11.8 Å². The summed E-state index contributed by atoms with van der Waals surface area (Å²) in [5.74, 6) is -6.46. The van der Waals surface area contributed by atoms with Gasteiger partial charge in [-0.3, -0.25) is 4.79 Å². The Bertz CT molecular complexity index is 1220. The zero-order valence-corrected chi connectivity index (χ0v) is 17.9. The zero-order chi connectivity index (χ0) is 25.8. The van der Waals surface area contributed by atoms with Gasteiger partial charge in [0.05, 0.1) is 17.6 Å². The predicted octanol–water partition coefficient (Wildman–Crippen LogP) is 4.50. The Hall–Kier alpha value is -3.96. The number of fused-ring (bicyclic) bond motifs is 1. The number of hydrogen-bond donors (Lipinski definition) is 2. The van der Waals surface area contributed by atoms with Crippen LogP contribution in [-0.2, 0) is 4.79 Å². The molecule has 2 N–H and O–H groups in total. The molecule has 1 aliphatic heterocycles. The van der Waals surface area contributed by atoms with E-state index in [4.69, 9.17) is 14.6 Å². The van der Waals surface area contributed by atoms with Crippen LogP contribution in [0.2, 0.25) is 0 Å². The molecule has 0 bridgehead atoms. The van der Waals surface area contributed by atoms with Crippen LogP contribution in [0, 0.1) is 0 Å². The van der Waals surface area contributed by atoms with Crippen molar-refractivity contribution in [1.82, 2.24) is 9.88 Å². The molecule has 1 atom stereocenters. The number of alkyl halides is 5. The first kappa shape index (κ1) is 25.7. The first-order valence-electron chi connectivity index (χ1n) is 10.2. The average Bonchev–Trinajstić information content (AvgIpc) is 2.80. The molecule has 1 saturated heterocycles. The number of aromatic hydroxyl groups is 1. The number of ether oxygens (including phenoxy) is 1. The van der Waals surface area contributed by atoms with Gasteiger partial charge in [-0.25, -0.2) is 18.6 Å². The second-order valence-corrected chi connectivity index (χ2v) is 7.53. The number of carbonyl (C=O) groups excluding carboxylic acids is 1. The molecule has 0 aliphatic carbocycles. The number of piperidine rings is 1. The number of rotatable bonds is 3. The number of amides is 1. The fourth-order valence-electron chi connectivity index (χ4n) is 3.26. The van der Waals surface area contributed by atoms with Crippen molar-refractivity contribution in [2.45, 2.75) is 24.6 Å². The number of nitrogens with zero attached hydrogens (tertiary/aromatic N) is 2. The van der Waals surface area contributed by atoms with Gasteiger partial charge in [0, 0.05) is 24.4 Å². The van der Waals surface area contributed by atoms with E-state index in [1.165, 1.54) is 17.0 Å². The molecule has 1 fully saturated rings. The summed E-state index contributed by atoms with van der Waals surface area (Å²) in [6.07, 6.45) is -7.13. The molecule has 0 spiro atoms. The van der Waals surface area contributed by atoms with E-state index in [9.17, 15) is 31.9 Å². The van der Waals surface area contributed by atoms with Crippen LogP contribution in [0.25, 0.3) is 10.9 Å². The lowest BCUT2D eigenvalue weighted by Gasteiger charge is -2.38. The highest BCUT2D eigenvalue weighted by Crippen LogP contribution is 2.33. The van der Waals surface area contributed by atoms with Crippen molar-refractivity contribution < 1.29 is 46.5 Å². The molecule has 12 heteroatoms. The van der Waals surface area contributed by atoms with E-state index in [2.05, 4.69) is 4.98 Å². The number of halogens is 5. The lowest BCUT2D eigenvalue weighted by Crippen LogP contribution is -2.55. The van der Waals surface area contributed by atoms with Gasteiger partial charge in [0.15, 0.2) is 6.10 Å². The number of hydrogen-bond acceptors (Lipinski definition) is 5. The van der Waals surface area contributed by atoms with Gasteiger partial charge >= 0.3 is 12.1 Å². The minimum Gasteiger partial charge on any atom is -0.507 e. The van der Waals surface area contributed by atoms with Gasteiger partial charge in [0.1, 0.15) is 5.75 Å². The largest absolute Gasteiger partial charge is 0.507 e. The third kappa shape index (κ3) is 6.34. The minimum atomic E-state index is -5.08. The first-order chi connectivity index (χ1) is 16.4. The zero-order valence-electron chi connectivity index (χ0n) is 17.9. The molecular formula is C23H19F5N2O5. The number of para-hydroxylation sites is 2. The van der Waals surface area contributed by atoms with E-state index < -0.39 is 36.5 Å². The van der Waals surface area contributed by atoms with Gasteiger partial charge in [0.2, 0.25) is 5.88 Å². The van der Waals surface area contributed by atoms with Crippen molar-refractivity contribution in [3.8, 4) is 11.6 Å². The fraction of sp³-hybridized carbons (Fsp3) is 0.261. The number of carboxylic acid groups (broad SMARTS) is 1. The molecule has 0 saturated carbocycles. The van der Waals surface area contributed by atoms with E-state index in [0.717, 1.165) is 5.39 Å². The van der Waals surface area contributed by atoms with Crippen molar-refractivity contribution in [3.05, 3.63) is 66.2 Å². The van der Waals surface area contributed by atoms with Crippen LogP contribution < -0.4 is 4.74 Å². The molecule has 35 heavy (non-hydrogen) atoms. The van der Waals surface area contributed by atoms with E-state index in [1.54, 1.807) is 36.4 Å². The number of pyridine rings is 1. The fourth-order valence-corrected chi connectivity index (χ4v) is 3.26. The van der Waals surface area contributed by atoms with Crippen LogP contribution in [0.1, 0.15) is 16.8 Å². The number of carboxylic acids is 1. The molecule has 1 aromatic heterocycles. The van der Waals surface area contributed by atoms with Crippen molar-refractivity contribution in [2.75, 3.05) is 13.1 Å². The summed E-state index contributed by atoms with van der Waals surface area (Å²) in [5, 5.41) is 17.9. The van der Waals surface area contributed by atoms with Crippen LogP contribution in [0.4, 0.5) is 22.0 Å². The maximum absolute atomic E-state index is 14.4. The molecule has 1 aliphatic rings. The Balaban J connectivity index is 0.000000429. The van der Waals surface area contributed by atoms with Gasteiger partial charge in [-0.15, -0.1) is 0 Å². The normalized spacial score (nSPS) is 17.3. The molecule has 0 radical (unpaired) electrons. The third-order valence-corrected chi connectivity index (χ3v) is 5.07. The van der Waals surface area contributed by atoms with Crippen LogP contribution in [-0.4, -0.2) is 63.3 Å². The lowest BCUT2D eigenvalue weighted by molar-refractivity contribution is -0.192. The predicted molar refractivity (Wildman–Crippen MR) is 113 cm³/mol. The molecule has 7 nitrogen and oxygen atoms in total. The Morgan fingerprint density at radius 2 is 1.66 bits per heavy atom. The van der Waals surface area contributed by atoms with E-state index in [0.29, 0.717) is 5.52 Å². The minimum absolute atomic E-state index is 0.0790. The van der Waals surface area contributed by atoms with E-state index >= 15 is 0 Å². The van der Waals surface area contributed by atoms with Crippen LogP contribution in [0.3, 0.4) is 0 Å². The van der Waals surface area contributed by atoms with Gasteiger partial charge in [-0.1, -0.05) is 30.3 Å². The van der Waals surface area contributed by atoms with Crippen LogP contribution in [0.15, 0.2) is 60.7 Å². The van der Waals surface area contributed by atoms with Crippen molar-refractivity contribution in [3.63, 3.8) is 0 Å². The van der Waals surface area contributed by atoms with Gasteiger partial charge in [-0.05, 0) is 24.3 Å². The lowest BCUT2D eigenvalue weighted by atomic mass is 10.0. The summed E-state index contributed by atoms with van der Waals surface area (Å²) in [4.78, 5) is 27.1. The second kappa shape index (κ2) is 10.1. The summed E-state index contributed by atoms with van der Waals surface area (Å²) in [6.45, 7) is -0.417. The molecule has 1 unspecified atom stereocenters. The van der Waals surface area contributed by atoms with Crippen LogP contribution >= 0.6 is 0 Å². The molecule has 2 aromatic carbocycles. The van der Waals surface area contributed by atoms with E-state index in [-0.39, 0.29) is 30.3 Å². The monoisotopic (exact) mass is 498 g/mol. The topological polar surface area (TPSA) is 100.0 Å². The summed E-state index contributed by atoms with van der Waals surface area (Å²) in [6, 6.07) is 16.7. The number of likely N-dealkylation sites (tertiary alicyclic amines) is 1. The number of benzene rings is 2. The van der Waals surface area contributed by atoms with Crippen molar-refractivity contribution >= 4 is 22.8 Å². The van der Waals surface area contributed by atoms with Crippen molar-refractivity contribution in [2.24, 2.45) is 0 Å². The van der Waals surface area contributed by atoms with E-state index in [1.807, 2.05) is 12.1 Å². The number of phenols is 1. The number of aromatic nitrogens is 1. The maximum atomic E-state index is 14.4. The number of phenolic OH excluding ortho intramolecular Hbond substituents is 1. The molecule has 3 aromatic rings. The summed E-state index contributed by atoms with van der Waals surface area (Å²) in [7, 11) is 0. The number of carbonyl (C=O) groups is 2. The summed E-state index contributed by atoms with van der Waals surface area (Å²) >= 11 is 0. The Morgan fingerprint density at radius 3 is 2.31 bits per heavy atom. The van der Waals surface area contributed by atoms with Crippen molar-refractivity contribution in [1.29, 1.82) is 0 Å². The highest BCUT2D eigenvalue weighted by molar-refractivity contribution is 5.96. The Labute approximate surface area is 195 Å². The molecule has 4 rings (SSSR count). The maximum Gasteiger partial charge on any atom is 0.490 e.